The number of rotatable bonds is 8. The van der Waals surface area contributed by atoms with Crippen molar-refractivity contribution in [2.45, 2.75) is 39.9 Å². The maximum Gasteiger partial charge on any atom is 0.123 e. The molecule has 3 rings (SSSR count). The van der Waals surface area contributed by atoms with Crippen molar-refractivity contribution in [1.82, 2.24) is 14.9 Å². The molecule has 2 aromatic carbocycles. The first-order valence-corrected chi connectivity index (χ1v) is 8.68. The van der Waals surface area contributed by atoms with Crippen molar-refractivity contribution >= 4 is 11.0 Å². The van der Waals surface area contributed by atoms with Gasteiger partial charge in [-0.2, -0.15) is 0 Å². The number of ether oxygens (including phenoxy) is 1. The highest BCUT2D eigenvalue weighted by Gasteiger charge is 2.09. The molecule has 0 saturated heterocycles. The molecule has 1 heterocycles. The van der Waals surface area contributed by atoms with Crippen LogP contribution < -0.4 is 10.1 Å². The molecule has 0 unspecified atom stereocenters. The number of hydrogen-bond acceptors (Lipinski definition) is 3. The van der Waals surface area contributed by atoms with Crippen molar-refractivity contribution in [3.63, 3.8) is 0 Å². The summed E-state index contributed by atoms with van der Waals surface area (Å²) < 4.78 is 7.88. The molecule has 1 N–H and O–H groups in total. The molecule has 0 aliphatic heterocycles. The average Bonchev–Trinajstić information content (AvgIpc) is 2.94. The summed E-state index contributed by atoms with van der Waals surface area (Å²) in [4.78, 5) is 4.79. The van der Waals surface area contributed by atoms with Crippen molar-refractivity contribution < 1.29 is 4.74 Å². The molecule has 0 radical (unpaired) electrons. The summed E-state index contributed by atoms with van der Waals surface area (Å²) in [6.07, 6.45) is 1.10. The van der Waals surface area contributed by atoms with E-state index in [1.54, 1.807) is 0 Å². The highest BCUT2D eigenvalue weighted by molar-refractivity contribution is 5.75. The molecular weight excluding hydrogens is 298 g/mol. The monoisotopic (exact) mass is 323 g/mol. The molecule has 4 nitrogen and oxygen atoms in total. The first kappa shape index (κ1) is 16.5. The van der Waals surface area contributed by atoms with Gasteiger partial charge in [-0.15, -0.1) is 0 Å². The lowest BCUT2D eigenvalue weighted by Crippen LogP contribution is -2.17. The Morgan fingerprint density at radius 3 is 2.75 bits per heavy atom. The van der Waals surface area contributed by atoms with Crippen LogP contribution in [-0.4, -0.2) is 16.2 Å². The van der Waals surface area contributed by atoms with Crippen LogP contribution in [0.25, 0.3) is 11.0 Å². The lowest BCUT2D eigenvalue weighted by atomic mass is 10.2. The van der Waals surface area contributed by atoms with Crippen LogP contribution in [-0.2, 0) is 19.6 Å². The van der Waals surface area contributed by atoms with Crippen molar-refractivity contribution in [3.8, 4) is 5.75 Å². The largest absolute Gasteiger partial charge is 0.494 e. The topological polar surface area (TPSA) is 39.1 Å². The van der Waals surface area contributed by atoms with Gasteiger partial charge in [0.25, 0.3) is 0 Å². The van der Waals surface area contributed by atoms with Gasteiger partial charge < -0.3 is 14.6 Å². The molecule has 1 aromatic heterocycles. The molecule has 0 aliphatic rings. The Labute approximate surface area is 143 Å². The predicted octanol–water partition coefficient (Wildman–Crippen LogP) is 4.13. The van der Waals surface area contributed by atoms with Gasteiger partial charge in [-0.3, -0.25) is 0 Å². The number of nitrogens with one attached hydrogen (secondary N) is 1. The van der Waals surface area contributed by atoms with Gasteiger partial charge in [-0.05, 0) is 43.2 Å². The summed E-state index contributed by atoms with van der Waals surface area (Å²) in [5.74, 6) is 2.02. The van der Waals surface area contributed by atoms with E-state index in [1.165, 1.54) is 11.1 Å². The van der Waals surface area contributed by atoms with E-state index in [2.05, 4.69) is 47.1 Å². The van der Waals surface area contributed by atoms with Crippen molar-refractivity contribution in [1.29, 1.82) is 0 Å². The van der Waals surface area contributed by atoms with Crippen LogP contribution in [0.3, 0.4) is 0 Å². The lowest BCUT2D eigenvalue weighted by molar-refractivity contribution is 0.340. The molecule has 0 amide bonds. The van der Waals surface area contributed by atoms with Crippen LogP contribution in [0.5, 0.6) is 5.75 Å². The minimum absolute atomic E-state index is 0.692. The number of imidazole rings is 1. The smallest absolute Gasteiger partial charge is 0.123 e. The van der Waals surface area contributed by atoms with Crippen LogP contribution in [0.2, 0.25) is 0 Å². The zero-order chi connectivity index (χ0) is 16.8. The number of fused-ring (bicyclic) bond motifs is 1. The second kappa shape index (κ2) is 7.97. The molecule has 0 saturated carbocycles. The van der Waals surface area contributed by atoms with Crippen molar-refractivity contribution in [3.05, 3.63) is 59.9 Å². The molecule has 24 heavy (non-hydrogen) atoms. The molecule has 0 fully saturated rings. The van der Waals surface area contributed by atoms with Crippen LogP contribution in [0.15, 0.2) is 48.5 Å². The number of nitrogens with zero attached hydrogens (tertiary/aromatic N) is 2. The Morgan fingerprint density at radius 2 is 1.92 bits per heavy atom. The highest BCUT2D eigenvalue weighted by Crippen LogP contribution is 2.17. The Bertz CT molecular complexity index is 794. The quantitative estimate of drug-likeness (QED) is 0.677. The fourth-order valence-electron chi connectivity index (χ4n) is 2.96. The Morgan fingerprint density at radius 1 is 1.04 bits per heavy atom. The van der Waals surface area contributed by atoms with Gasteiger partial charge in [-0.25, -0.2) is 4.98 Å². The van der Waals surface area contributed by atoms with Gasteiger partial charge in [0.2, 0.25) is 0 Å². The molecule has 4 heteroatoms. The van der Waals surface area contributed by atoms with Gasteiger partial charge in [0.15, 0.2) is 0 Å². The number of hydrogen-bond donors (Lipinski definition) is 1. The summed E-state index contributed by atoms with van der Waals surface area (Å²) in [6.45, 7) is 7.45. The standard InChI is InChI=1S/C20H25N3O/c1-3-12-23-19-11-6-5-10-18(19)22-20(23)15-21-14-16-8-7-9-17(13-16)24-4-2/h5-11,13,21H,3-4,12,14-15H2,1-2H3. The fraction of sp³-hybridized carbons (Fsp3) is 0.350. The molecule has 0 aliphatic carbocycles. The second-order valence-corrected chi connectivity index (χ2v) is 5.85. The maximum atomic E-state index is 5.56. The number of para-hydroxylation sites is 2. The summed E-state index contributed by atoms with van der Waals surface area (Å²) in [6, 6.07) is 16.6. The zero-order valence-corrected chi connectivity index (χ0v) is 14.5. The molecule has 0 spiro atoms. The van der Waals surface area contributed by atoms with Gasteiger partial charge in [0.1, 0.15) is 11.6 Å². The zero-order valence-electron chi connectivity index (χ0n) is 14.5. The lowest BCUT2D eigenvalue weighted by Gasteiger charge is -2.10. The van der Waals surface area contributed by atoms with Crippen LogP contribution in [0.4, 0.5) is 0 Å². The SMILES string of the molecule is CCCn1c(CNCc2cccc(OCC)c2)nc2ccccc21. The molecule has 126 valence electrons. The average molecular weight is 323 g/mol. The van der Waals surface area contributed by atoms with E-state index in [0.717, 1.165) is 43.1 Å². The van der Waals surface area contributed by atoms with Crippen molar-refractivity contribution in [2.24, 2.45) is 0 Å². The summed E-state index contributed by atoms with van der Waals surface area (Å²) in [5, 5.41) is 3.51. The summed E-state index contributed by atoms with van der Waals surface area (Å²) in [7, 11) is 0. The maximum absolute atomic E-state index is 5.56. The number of aromatic nitrogens is 2. The van der Waals surface area contributed by atoms with Gasteiger partial charge >= 0.3 is 0 Å². The van der Waals surface area contributed by atoms with E-state index < -0.39 is 0 Å². The number of aryl methyl sites for hydroxylation is 1. The Balaban J connectivity index is 1.69. The first-order chi connectivity index (χ1) is 11.8. The van der Waals surface area contributed by atoms with E-state index in [1.807, 2.05) is 25.1 Å². The predicted molar refractivity (Wildman–Crippen MR) is 98.2 cm³/mol. The normalized spacial score (nSPS) is 11.1. The van der Waals surface area contributed by atoms with Gasteiger partial charge in [-0.1, -0.05) is 31.2 Å². The fourth-order valence-corrected chi connectivity index (χ4v) is 2.96. The van der Waals surface area contributed by atoms with Crippen LogP contribution in [0, 0.1) is 0 Å². The summed E-state index contributed by atoms with van der Waals surface area (Å²) >= 11 is 0. The second-order valence-electron chi connectivity index (χ2n) is 5.85. The first-order valence-electron chi connectivity index (χ1n) is 8.68. The minimum Gasteiger partial charge on any atom is -0.494 e. The molecular formula is C20H25N3O. The molecule has 0 atom stereocenters. The Hall–Kier alpha value is -2.33. The van der Waals surface area contributed by atoms with E-state index in [9.17, 15) is 0 Å². The third-order valence-corrected chi connectivity index (χ3v) is 4.00. The third kappa shape index (κ3) is 3.77. The van der Waals surface area contributed by atoms with Gasteiger partial charge in [0, 0.05) is 13.1 Å². The minimum atomic E-state index is 0.692. The van der Waals surface area contributed by atoms with Crippen molar-refractivity contribution in [2.75, 3.05) is 6.61 Å². The highest BCUT2D eigenvalue weighted by atomic mass is 16.5. The van der Waals surface area contributed by atoms with E-state index in [0.29, 0.717) is 6.61 Å². The van der Waals surface area contributed by atoms with E-state index in [-0.39, 0.29) is 0 Å². The van der Waals surface area contributed by atoms with Crippen LogP contribution >= 0.6 is 0 Å². The molecule has 0 bridgehead atoms. The Kier molecular flexibility index (Phi) is 5.49. The van der Waals surface area contributed by atoms with Gasteiger partial charge in [0.05, 0.1) is 24.2 Å². The summed E-state index contributed by atoms with van der Waals surface area (Å²) in [5.41, 5.74) is 3.51. The van der Waals surface area contributed by atoms with E-state index in [4.69, 9.17) is 9.72 Å². The van der Waals surface area contributed by atoms with E-state index >= 15 is 0 Å². The third-order valence-electron chi connectivity index (χ3n) is 4.00. The number of benzene rings is 2. The molecule has 3 aromatic rings. The van der Waals surface area contributed by atoms with Crippen LogP contribution in [0.1, 0.15) is 31.7 Å².